The normalized spacial score (nSPS) is 18.6. The lowest BCUT2D eigenvalue weighted by atomic mass is 9.99. The van der Waals surface area contributed by atoms with Crippen molar-refractivity contribution in [1.82, 2.24) is 4.90 Å². The summed E-state index contributed by atoms with van der Waals surface area (Å²) in [6, 6.07) is 6.76. The van der Waals surface area contributed by atoms with Gasteiger partial charge in [-0.05, 0) is 18.6 Å². The third-order valence-corrected chi connectivity index (χ3v) is 5.22. The van der Waals surface area contributed by atoms with Crippen molar-refractivity contribution in [2.24, 2.45) is 5.73 Å². The van der Waals surface area contributed by atoms with Crippen molar-refractivity contribution in [3.05, 3.63) is 53.6 Å². The Balaban J connectivity index is 1.83. The van der Waals surface area contributed by atoms with E-state index >= 15 is 0 Å². The topological polar surface area (TPSA) is 82.2 Å². The van der Waals surface area contributed by atoms with Crippen LogP contribution in [0.25, 0.3) is 11.1 Å². The lowest BCUT2D eigenvalue weighted by Gasteiger charge is -2.22. The molecule has 1 aliphatic rings. The van der Waals surface area contributed by atoms with Crippen LogP contribution in [0.15, 0.2) is 36.4 Å². The summed E-state index contributed by atoms with van der Waals surface area (Å²) in [6.45, 7) is -0.324. The van der Waals surface area contributed by atoms with Gasteiger partial charge in [0.05, 0.1) is 23.8 Å². The Morgan fingerprint density at radius 1 is 1.20 bits per heavy atom. The second kappa shape index (κ2) is 8.83. The number of halogens is 4. The molecule has 1 aliphatic heterocycles. The van der Waals surface area contributed by atoms with Gasteiger partial charge in [0, 0.05) is 36.9 Å². The number of nitrogens with one attached hydrogen (secondary N) is 2. The van der Waals surface area contributed by atoms with Crippen molar-refractivity contribution in [2.75, 3.05) is 25.0 Å². The van der Waals surface area contributed by atoms with Crippen molar-refractivity contribution in [2.45, 2.75) is 24.8 Å². The predicted molar refractivity (Wildman–Crippen MR) is 107 cm³/mol. The number of hydrogen-bond acceptors (Lipinski definition) is 4. The van der Waals surface area contributed by atoms with Gasteiger partial charge in [-0.3, -0.25) is 4.79 Å². The van der Waals surface area contributed by atoms with Crippen LogP contribution in [0.3, 0.4) is 0 Å². The van der Waals surface area contributed by atoms with Crippen molar-refractivity contribution in [3.63, 3.8) is 0 Å². The monoisotopic (exact) mass is 422 g/mol. The molecule has 2 aromatic carbocycles. The molecule has 1 saturated heterocycles. The Morgan fingerprint density at radius 3 is 2.53 bits per heavy atom. The van der Waals surface area contributed by atoms with Gasteiger partial charge in [0.2, 0.25) is 5.91 Å². The van der Waals surface area contributed by atoms with Gasteiger partial charge in [0.25, 0.3) is 5.92 Å². The van der Waals surface area contributed by atoms with Gasteiger partial charge >= 0.3 is 0 Å². The number of alkyl halides is 2. The first-order chi connectivity index (χ1) is 14.2. The Bertz CT molecular complexity index is 930. The number of likely N-dealkylation sites (tertiary alicyclic amines) is 1. The van der Waals surface area contributed by atoms with Crippen LogP contribution in [-0.4, -0.2) is 48.6 Å². The number of para-hydroxylation sites is 1. The van der Waals surface area contributed by atoms with E-state index in [4.69, 9.17) is 11.1 Å². The summed E-state index contributed by atoms with van der Waals surface area (Å²) in [4.78, 5) is 13.9. The Labute approximate surface area is 171 Å². The second-order valence-corrected chi connectivity index (χ2v) is 7.15. The van der Waals surface area contributed by atoms with Gasteiger partial charge in [0.1, 0.15) is 11.6 Å². The number of nitrogens with two attached hydrogens (primary N) is 1. The van der Waals surface area contributed by atoms with Crippen LogP contribution < -0.4 is 11.1 Å². The molecule has 4 N–H and O–H groups in total. The average molecular weight is 422 g/mol. The van der Waals surface area contributed by atoms with Gasteiger partial charge in [-0.2, -0.15) is 0 Å². The third-order valence-electron chi connectivity index (χ3n) is 5.22. The highest BCUT2D eigenvalue weighted by Crippen LogP contribution is 2.34. The molecule has 30 heavy (non-hydrogen) atoms. The number of carbonyl (C=O) groups is 1. The molecule has 2 aromatic rings. The first-order valence-electron chi connectivity index (χ1n) is 9.47. The number of anilines is 1. The first-order valence-corrected chi connectivity index (χ1v) is 9.47. The van der Waals surface area contributed by atoms with Crippen LogP contribution in [0.5, 0.6) is 0 Å². The van der Waals surface area contributed by atoms with Crippen molar-refractivity contribution in [1.29, 1.82) is 5.41 Å². The molecule has 0 aromatic heterocycles. The maximum absolute atomic E-state index is 14.3. The molecule has 0 unspecified atom stereocenters. The molecule has 0 aliphatic carbocycles. The van der Waals surface area contributed by atoms with Crippen LogP contribution in [0.4, 0.5) is 23.2 Å². The van der Waals surface area contributed by atoms with Crippen LogP contribution in [0.2, 0.25) is 0 Å². The minimum Gasteiger partial charge on any atom is -0.375 e. The number of carbonyl (C=O) groups excluding carboxylic acids is 1. The lowest BCUT2D eigenvalue weighted by molar-refractivity contribution is -0.129. The first kappa shape index (κ1) is 21.8. The van der Waals surface area contributed by atoms with Gasteiger partial charge in [0.15, 0.2) is 0 Å². The molecule has 160 valence electrons. The van der Waals surface area contributed by atoms with E-state index < -0.39 is 35.9 Å². The van der Waals surface area contributed by atoms with Crippen LogP contribution in [0.1, 0.15) is 18.4 Å². The molecule has 0 spiro atoms. The third kappa shape index (κ3) is 4.46. The molecule has 0 radical (unpaired) electrons. The van der Waals surface area contributed by atoms with E-state index in [1.807, 2.05) is 0 Å². The predicted octanol–water partition coefficient (Wildman–Crippen LogP) is 3.63. The maximum Gasteiger partial charge on any atom is 0.264 e. The number of nitrogens with zero attached hydrogens (tertiary/aromatic N) is 1. The molecule has 0 bridgehead atoms. The van der Waals surface area contributed by atoms with Gasteiger partial charge in [-0.25, -0.2) is 17.6 Å². The molecule has 1 amide bonds. The van der Waals surface area contributed by atoms with Crippen molar-refractivity contribution >= 4 is 17.8 Å². The summed E-state index contributed by atoms with van der Waals surface area (Å²) in [5.74, 6) is -5.05. The highest BCUT2D eigenvalue weighted by Gasteiger charge is 2.40. The SMILES string of the molecule is N=Cc1cccc(-c2c(F)cccc2F)c1NCC(=O)N1CC[C@@H](N)C(F)(F)CC1. The number of hydrogen-bond donors (Lipinski definition) is 3. The fourth-order valence-electron chi connectivity index (χ4n) is 3.46. The summed E-state index contributed by atoms with van der Waals surface area (Å²) in [5, 5.41) is 10.4. The standard InChI is InChI=1S/C21H22F4N4O/c22-15-5-2-6-16(23)19(15)14-4-1-3-13(11-26)20(14)28-12-18(30)29-9-7-17(27)21(24,25)8-10-29/h1-6,11,17,26,28H,7-10,12,27H2/t17-/m1/s1. The van der Waals surface area contributed by atoms with E-state index in [9.17, 15) is 22.4 Å². The van der Waals surface area contributed by atoms with Crippen molar-refractivity contribution in [3.8, 4) is 11.1 Å². The van der Waals surface area contributed by atoms with Gasteiger partial charge < -0.3 is 21.4 Å². The summed E-state index contributed by atoms with van der Waals surface area (Å²) < 4.78 is 56.2. The highest BCUT2D eigenvalue weighted by atomic mass is 19.3. The summed E-state index contributed by atoms with van der Waals surface area (Å²) in [5.41, 5.74) is 5.90. The minimum atomic E-state index is -3.04. The van der Waals surface area contributed by atoms with Crippen LogP contribution in [0, 0.1) is 17.0 Å². The zero-order valence-corrected chi connectivity index (χ0v) is 16.1. The van der Waals surface area contributed by atoms with E-state index in [-0.39, 0.29) is 42.9 Å². The summed E-state index contributed by atoms with van der Waals surface area (Å²) >= 11 is 0. The van der Waals surface area contributed by atoms with E-state index in [0.29, 0.717) is 5.56 Å². The van der Waals surface area contributed by atoms with E-state index in [2.05, 4.69) is 5.32 Å². The van der Waals surface area contributed by atoms with Crippen LogP contribution in [-0.2, 0) is 4.79 Å². The fourth-order valence-corrected chi connectivity index (χ4v) is 3.46. The van der Waals surface area contributed by atoms with Gasteiger partial charge in [-0.15, -0.1) is 0 Å². The molecule has 0 saturated carbocycles. The minimum absolute atomic E-state index is 0.0263. The van der Waals surface area contributed by atoms with E-state index in [1.54, 1.807) is 12.1 Å². The van der Waals surface area contributed by atoms with Crippen molar-refractivity contribution < 1.29 is 22.4 Å². The fraction of sp³-hybridized carbons (Fsp3) is 0.333. The van der Waals surface area contributed by atoms with Crippen LogP contribution >= 0.6 is 0 Å². The molecule has 9 heteroatoms. The summed E-state index contributed by atoms with van der Waals surface area (Å²) in [6.07, 6.45) is 0.449. The quantitative estimate of drug-likeness (QED) is 0.508. The Morgan fingerprint density at radius 2 is 1.87 bits per heavy atom. The number of amides is 1. The summed E-state index contributed by atoms with van der Waals surface area (Å²) in [7, 11) is 0. The smallest absolute Gasteiger partial charge is 0.264 e. The zero-order chi connectivity index (χ0) is 21.9. The molecule has 1 fully saturated rings. The Hall–Kier alpha value is -2.94. The maximum atomic E-state index is 14.3. The molecule has 1 atom stereocenters. The number of rotatable bonds is 5. The largest absolute Gasteiger partial charge is 0.375 e. The molecule has 1 heterocycles. The van der Waals surface area contributed by atoms with E-state index in [0.717, 1.165) is 18.3 Å². The zero-order valence-electron chi connectivity index (χ0n) is 16.1. The molecular weight excluding hydrogens is 400 g/mol. The van der Waals surface area contributed by atoms with E-state index in [1.165, 1.54) is 17.0 Å². The van der Waals surface area contributed by atoms with Gasteiger partial charge in [-0.1, -0.05) is 24.3 Å². The Kier molecular flexibility index (Phi) is 6.40. The second-order valence-electron chi connectivity index (χ2n) is 7.15. The number of benzene rings is 2. The molecule has 3 rings (SSSR count). The molecular formula is C21H22F4N4O. The average Bonchev–Trinajstić information content (AvgIpc) is 2.84. The lowest BCUT2D eigenvalue weighted by Crippen LogP contribution is -2.40. The molecule has 5 nitrogen and oxygen atoms in total. The highest BCUT2D eigenvalue weighted by molar-refractivity contribution is 5.95.